The van der Waals surface area contributed by atoms with Gasteiger partial charge in [0.2, 0.25) is 5.82 Å². The maximum atomic E-state index is 12.8. The number of rotatable bonds is 3. The minimum absolute atomic E-state index is 0.167. The van der Waals surface area contributed by atoms with E-state index >= 15 is 0 Å². The van der Waals surface area contributed by atoms with Crippen LogP contribution < -0.4 is 4.72 Å². The third-order valence-electron chi connectivity index (χ3n) is 1.51. The Morgan fingerprint density at radius 3 is 2.71 bits per heavy atom. The van der Waals surface area contributed by atoms with Crippen molar-refractivity contribution in [3.8, 4) is 0 Å². The number of hydrogen-bond donors (Lipinski definition) is 1. The summed E-state index contributed by atoms with van der Waals surface area (Å²) in [4.78, 5) is 9.64. The Hall–Kier alpha value is -1.34. The second-order valence-electron chi connectivity index (χ2n) is 2.34. The molecule has 5 nitrogen and oxygen atoms in total. The molecule has 0 aliphatic heterocycles. The molecule has 0 saturated heterocycles. The van der Waals surface area contributed by atoms with Crippen molar-refractivity contribution in [1.82, 2.24) is 4.72 Å². The standard InChI is InChI=1S/C7H7FN2O3S/c1-9-14(13)5-2-3-6(8)7(4-5)10(11)12/h2-4,9H,1H3. The summed E-state index contributed by atoms with van der Waals surface area (Å²) in [5.41, 5.74) is -0.675. The highest BCUT2D eigenvalue weighted by Gasteiger charge is 2.16. The first-order chi connectivity index (χ1) is 6.56. The lowest BCUT2D eigenvalue weighted by atomic mass is 10.3. The summed E-state index contributed by atoms with van der Waals surface area (Å²) in [6.07, 6.45) is 0. The zero-order valence-corrected chi connectivity index (χ0v) is 8.01. The highest BCUT2D eigenvalue weighted by atomic mass is 32.2. The smallest absolute Gasteiger partial charge is 0.258 e. The van der Waals surface area contributed by atoms with Crippen LogP contribution in [0.3, 0.4) is 0 Å². The lowest BCUT2D eigenvalue weighted by Gasteiger charge is -1.99. The van der Waals surface area contributed by atoms with Crippen molar-refractivity contribution in [2.45, 2.75) is 4.90 Å². The molecule has 0 aliphatic carbocycles. The molecule has 0 spiro atoms. The van der Waals surface area contributed by atoms with Gasteiger partial charge in [0.1, 0.15) is 11.0 Å². The molecule has 14 heavy (non-hydrogen) atoms. The zero-order chi connectivity index (χ0) is 10.7. The van der Waals surface area contributed by atoms with Crippen LogP contribution in [0.5, 0.6) is 0 Å². The van der Waals surface area contributed by atoms with E-state index in [-0.39, 0.29) is 4.90 Å². The van der Waals surface area contributed by atoms with E-state index in [1.54, 1.807) is 0 Å². The summed E-state index contributed by atoms with van der Waals surface area (Å²) in [7, 11) is -0.111. The van der Waals surface area contributed by atoms with Crippen LogP contribution in [0.1, 0.15) is 0 Å². The molecule has 0 aliphatic rings. The number of benzene rings is 1. The van der Waals surface area contributed by atoms with Crippen LogP contribution >= 0.6 is 0 Å². The van der Waals surface area contributed by atoms with Crippen molar-refractivity contribution in [3.63, 3.8) is 0 Å². The Balaban J connectivity index is 3.19. The van der Waals surface area contributed by atoms with Crippen molar-refractivity contribution < 1.29 is 13.5 Å². The molecule has 1 atom stereocenters. The molecule has 1 unspecified atom stereocenters. The van der Waals surface area contributed by atoms with Gasteiger partial charge < -0.3 is 0 Å². The van der Waals surface area contributed by atoms with Gasteiger partial charge in [0.25, 0.3) is 0 Å². The fourth-order valence-corrected chi connectivity index (χ4v) is 1.51. The predicted molar refractivity (Wildman–Crippen MR) is 48.5 cm³/mol. The second-order valence-corrected chi connectivity index (χ2v) is 3.76. The van der Waals surface area contributed by atoms with Gasteiger partial charge >= 0.3 is 5.69 Å². The molecule has 0 amide bonds. The summed E-state index contributed by atoms with van der Waals surface area (Å²) in [5.74, 6) is -0.938. The van der Waals surface area contributed by atoms with Gasteiger partial charge in [-0.1, -0.05) is 0 Å². The molecule has 0 saturated carbocycles. The van der Waals surface area contributed by atoms with Gasteiger partial charge in [-0.25, -0.2) is 8.93 Å². The minimum atomic E-state index is -1.55. The number of halogens is 1. The Bertz CT molecular complexity index is 397. The van der Waals surface area contributed by atoms with E-state index in [0.717, 1.165) is 12.1 Å². The molecule has 76 valence electrons. The van der Waals surface area contributed by atoms with E-state index < -0.39 is 27.4 Å². The highest BCUT2D eigenvalue weighted by molar-refractivity contribution is 7.83. The molecule has 1 aromatic carbocycles. The van der Waals surface area contributed by atoms with Crippen molar-refractivity contribution in [1.29, 1.82) is 0 Å². The van der Waals surface area contributed by atoms with Crippen molar-refractivity contribution in [2.75, 3.05) is 7.05 Å². The summed E-state index contributed by atoms with van der Waals surface area (Å²) in [6, 6.07) is 3.10. The summed E-state index contributed by atoms with van der Waals surface area (Å²) < 4.78 is 26.4. The maximum absolute atomic E-state index is 12.8. The number of hydrogen-bond acceptors (Lipinski definition) is 3. The van der Waals surface area contributed by atoms with Gasteiger partial charge in [-0.15, -0.1) is 0 Å². The predicted octanol–water partition coefficient (Wildman–Crippen LogP) is 0.976. The fraction of sp³-hybridized carbons (Fsp3) is 0.143. The quantitative estimate of drug-likeness (QED) is 0.607. The summed E-state index contributed by atoms with van der Waals surface area (Å²) >= 11 is 0. The molecule has 0 radical (unpaired) electrons. The minimum Gasteiger partial charge on any atom is -0.258 e. The van der Waals surface area contributed by atoms with Crippen molar-refractivity contribution in [2.24, 2.45) is 0 Å². The average molecular weight is 218 g/mol. The Labute approximate surface area is 81.7 Å². The number of nitrogens with one attached hydrogen (secondary N) is 1. The summed E-state index contributed by atoms with van der Waals surface area (Å²) in [5, 5.41) is 10.3. The van der Waals surface area contributed by atoms with Crippen molar-refractivity contribution in [3.05, 3.63) is 34.1 Å². The molecular weight excluding hydrogens is 211 g/mol. The fourth-order valence-electron chi connectivity index (χ4n) is 0.866. The molecular formula is C7H7FN2O3S. The Morgan fingerprint density at radius 1 is 1.57 bits per heavy atom. The van der Waals surface area contributed by atoms with Crippen molar-refractivity contribution >= 4 is 16.7 Å². The van der Waals surface area contributed by atoms with Gasteiger partial charge in [-0.3, -0.25) is 10.1 Å². The molecule has 1 rings (SSSR count). The molecule has 0 aromatic heterocycles. The third-order valence-corrected chi connectivity index (χ3v) is 2.57. The second kappa shape index (κ2) is 4.25. The monoisotopic (exact) mass is 218 g/mol. The Morgan fingerprint density at radius 2 is 2.21 bits per heavy atom. The topological polar surface area (TPSA) is 72.2 Å². The van der Waals surface area contributed by atoms with Crippen LogP contribution in [-0.4, -0.2) is 16.2 Å². The van der Waals surface area contributed by atoms with Gasteiger partial charge in [0.15, 0.2) is 0 Å². The number of nitro benzene ring substituents is 1. The highest BCUT2D eigenvalue weighted by Crippen LogP contribution is 2.19. The maximum Gasteiger partial charge on any atom is 0.306 e. The van der Waals surface area contributed by atoms with E-state index in [2.05, 4.69) is 4.72 Å². The van der Waals surface area contributed by atoms with Crippen LogP contribution in [0, 0.1) is 15.9 Å². The first kappa shape index (κ1) is 10.7. The normalized spacial score (nSPS) is 12.4. The molecule has 0 fully saturated rings. The lowest BCUT2D eigenvalue weighted by Crippen LogP contribution is -2.10. The molecule has 7 heteroatoms. The van der Waals surface area contributed by atoms with Crippen LogP contribution in [-0.2, 0) is 11.0 Å². The molecule has 1 aromatic rings. The molecule has 1 N–H and O–H groups in total. The lowest BCUT2D eigenvalue weighted by molar-refractivity contribution is -0.387. The van der Waals surface area contributed by atoms with Gasteiger partial charge in [0.05, 0.1) is 9.82 Å². The SMILES string of the molecule is CNS(=O)c1ccc(F)c([N+](=O)[O-])c1. The Kier molecular flexibility index (Phi) is 3.26. The molecule has 0 bridgehead atoms. The van der Waals surface area contributed by atoms with Gasteiger partial charge in [-0.2, -0.15) is 4.39 Å². The van der Waals surface area contributed by atoms with Crippen LogP contribution in [0.4, 0.5) is 10.1 Å². The summed E-state index contributed by atoms with van der Waals surface area (Å²) in [6.45, 7) is 0. The zero-order valence-electron chi connectivity index (χ0n) is 7.19. The first-order valence-corrected chi connectivity index (χ1v) is 4.74. The van der Waals surface area contributed by atoms with E-state index in [4.69, 9.17) is 0 Å². The van der Waals surface area contributed by atoms with E-state index in [9.17, 15) is 18.7 Å². The largest absolute Gasteiger partial charge is 0.306 e. The average Bonchev–Trinajstić information content (AvgIpc) is 2.17. The van der Waals surface area contributed by atoms with E-state index in [0.29, 0.717) is 0 Å². The molecule has 0 heterocycles. The number of nitrogens with zero attached hydrogens (tertiary/aromatic N) is 1. The first-order valence-electron chi connectivity index (χ1n) is 3.59. The van der Waals surface area contributed by atoms with Crippen LogP contribution in [0.15, 0.2) is 23.1 Å². The van der Waals surface area contributed by atoms with E-state index in [1.165, 1.54) is 13.1 Å². The van der Waals surface area contributed by atoms with Crippen LogP contribution in [0.25, 0.3) is 0 Å². The van der Waals surface area contributed by atoms with Gasteiger partial charge in [0, 0.05) is 6.07 Å². The third kappa shape index (κ3) is 2.12. The number of nitro groups is 1. The van der Waals surface area contributed by atoms with Gasteiger partial charge in [-0.05, 0) is 19.2 Å². The van der Waals surface area contributed by atoms with Crippen LogP contribution in [0.2, 0.25) is 0 Å². The van der Waals surface area contributed by atoms with E-state index in [1.807, 2.05) is 0 Å².